The molecule has 130 valence electrons. The summed E-state index contributed by atoms with van der Waals surface area (Å²) in [6, 6.07) is 16.5. The molecular weight excluding hydrogens is 334 g/mol. The van der Waals surface area contributed by atoms with Crippen molar-refractivity contribution in [3.8, 4) is 17.3 Å². The summed E-state index contributed by atoms with van der Waals surface area (Å²) < 4.78 is 21.1. The Hall–Kier alpha value is -3.54. The van der Waals surface area contributed by atoms with Gasteiger partial charge in [-0.2, -0.15) is 0 Å². The molecular formula is C20H15NO5. The highest BCUT2D eigenvalue weighted by molar-refractivity contribution is 5.98. The van der Waals surface area contributed by atoms with Crippen LogP contribution in [0, 0.1) is 0 Å². The Kier molecular flexibility index (Phi) is 4.15. The minimum atomic E-state index is -0.491. The minimum absolute atomic E-state index is 0.0149. The number of fused-ring (bicyclic) bond motifs is 1. The Labute approximate surface area is 148 Å². The number of methoxy groups -OCH3 is 1. The van der Waals surface area contributed by atoms with E-state index in [1.165, 1.54) is 7.11 Å². The predicted octanol–water partition coefficient (Wildman–Crippen LogP) is 4.45. The lowest BCUT2D eigenvalue weighted by molar-refractivity contribution is 0.0461. The lowest BCUT2D eigenvalue weighted by Gasteiger charge is -2.09. The number of aromatic nitrogens is 1. The molecule has 2 aromatic heterocycles. The van der Waals surface area contributed by atoms with Gasteiger partial charge in [0.2, 0.25) is 5.76 Å². The summed E-state index contributed by atoms with van der Waals surface area (Å²) in [5.74, 6) is 1.01. The number of hydrogen-bond acceptors (Lipinski definition) is 6. The molecule has 2 heterocycles. The van der Waals surface area contributed by atoms with Crippen molar-refractivity contribution in [1.29, 1.82) is 0 Å². The van der Waals surface area contributed by atoms with Crippen LogP contribution in [-0.4, -0.2) is 18.2 Å². The largest absolute Gasteiger partial charge is 0.496 e. The maximum Gasteiger partial charge on any atom is 0.342 e. The van der Waals surface area contributed by atoms with E-state index >= 15 is 0 Å². The standard InChI is InChI=1S/C20H15NO5/c1-23-18-10-14-6-3-2-5-13(14)9-16(18)20(22)25-12-15-11-19(26-21-15)17-7-4-8-24-17/h2-11H,12H2,1H3. The number of rotatable bonds is 5. The third-order valence-corrected chi connectivity index (χ3v) is 3.96. The van der Waals surface area contributed by atoms with Crippen LogP contribution in [0.1, 0.15) is 16.1 Å². The van der Waals surface area contributed by atoms with Gasteiger partial charge in [0.05, 0.1) is 13.4 Å². The molecule has 0 amide bonds. The third-order valence-electron chi connectivity index (χ3n) is 3.96. The summed E-state index contributed by atoms with van der Waals surface area (Å²) in [6.45, 7) is -0.0149. The first kappa shape index (κ1) is 16.0. The molecule has 6 nitrogen and oxygen atoms in total. The Balaban J connectivity index is 1.52. The Morgan fingerprint density at radius 3 is 2.58 bits per heavy atom. The molecule has 6 heteroatoms. The monoisotopic (exact) mass is 349 g/mol. The summed E-state index contributed by atoms with van der Waals surface area (Å²) in [5, 5.41) is 5.81. The van der Waals surface area contributed by atoms with Crippen molar-refractivity contribution in [2.45, 2.75) is 6.61 Å². The number of carbonyl (C=O) groups is 1. The maximum absolute atomic E-state index is 12.5. The summed E-state index contributed by atoms with van der Waals surface area (Å²) in [6.07, 6.45) is 1.55. The van der Waals surface area contributed by atoms with E-state index < -0.39 is 5.97 Å². The molecule has 0 aliphatic rings. The van der Waals surface area contributed by atoms with Crippen LogP contribution in [0.15, 0.2) is 69.8 Å². The second kappa shape index (κ2) is 6.76. The van der Waals surface area contributed by atoms with Gasteiger partial charge in [-0.25, -0.2) is 4.79 Å². The first-order valence-corrected chi connectivity index (χ1v) is 7.98. The molecule has 0 unspecified atom stereocenters. The SMILES string of the molecule is COc1cc2ccccc2cc1C(=O)OCc1cc(-c2ccco2)on1. The highest BCUT2D eigenvalue weighted by Crippen LogP contribution is 2.27. The van der Waals surface area contributed by atoms with Crippen molar-refractivity contribution in [1.82, 2.24) is 5.16 Å². The summed E-state index contributed by atoms with van der Waals surface area (Å²) >= 11 is 0. The molecule has 0 bridgehead atoms. The lowest BCUT2D eigenvalue weighted by Crippen LogP contribution is -2.07. The average molecular weight is 349 g/mol. The summed E-state index contributed by atoms with van der Waals surface area (Å²) in [4.78, 5) is 12.5. The fourth-order valence-electron chi connectivity index (χ4n) is 2.68. The molecule has 0 aliphatic carbocycles. The molecule has 0 radical (unpaired) electrons. The fourth-order valence-corrected chi connectivity index (χ4v) is 2.68. The third kappa shape index (κ3) is 3.04. The number of ether oxygens (including phenoxy) is 2. The van der Waals surface area contributed by atoms with Gasteiger partial charge in [-0.3, -0.25) is 0 Å². The van der Waals surface area contributed by atoms with Gasteiger partial charge in [0.25, 0.3) is 0 Å². The van der Waals surface area contributed by atoms with Crippen molar-refractivity contribution in [2.24, 2.45) is 0 Å². The first-order valence-electron chi connectivity index (χ1n) is 7.98. The van der Waals surface area contributed by atoms with Crippen LogP contribution in [0.4, 0.5) is 0 Å². The average Bonchev–Trinajstić information content (AvgIpc) is 3.36. The maximum atomic E-state index is 12.5. The van der Waals surface area contributed by atoms with Crippen molar-refractivity contribution in [2.75, 3.05) is 7.11 Å². The van der Waals surface area contributed by atoms with Gasteiger partial charge in [-0.1, -0.05) is 29.4 Å². The van der Waals surface area contributed by atoms with E-state index in [9.17, 15) is 4.79 Å². The molecule has 0 spiro atoms. The molecule has 26 heavy (non-hydrogen) atoms. The van der Waals surface area contributed by atoms with Crippen LogP contribution < -0.4 is 4.74 Å². The Bertz CT molecular complexity index is 1050. The summed E-state index contributed by atoms with van der Waals surface area (Å²) in [7, 11) is 1.52. The topological polar surface area (TPSA) is 74.7 Å². The first-order chi connectivity index (χ1) is 12.7. The van der Waals surface area contributed by atoms with Crippen molar-refractivity contribution in [3.05, 3.63) is 72.1 Å². The molecule has 0 fully saturated rings. The van der Waals surface area contributed by atoms with Crippen molar-refractivity contribution < 1.29 is 23.2 Å². The van der Waals surface area contributed by atoms with Gasteiger partial charge in [-0.15, -0.1) is 0 Å². The van der Waals surface area contributed by atoms with E-state index in [1.807, 2.05) is 30.3 Å². The molecule has 0 saturated heterocycles. The van der Waals surface area contributed by atoms with Crippen molar-refractivity contribution in [3.63, 3.8) is 0 Å². The van der Waals surface area contributed by atoms with Crippen LogP contribution in [0.3, 0.4) is 0 Å². The zero-order chi connectivity index (χ0) is 17.9. The molecule has 0 saturated carbocycles. The number of esters is 1. The summed E-state index contributed by atoms with van der Waals surface area (Å²) in [5.41, 5.74) is 0.852. The van der Waals surface area contributed by atoms with Gasteiger partial charge in [0.1, 0.15) is 23.6 Å². The Morgan fingerprint density at radius 2 is 1.85 bits per heavy atom. The van der Waals surface area contributed by atoms with Crippen molar-refractivity contribution >= 4 is 16.7 Å². The highest BCUT2D eigenvalue weighted by Gasteiger charge is 2.17. The minimum Gasteiger partial charge on any atom is -0.496 e. The number of benzene rings is 2. The van der Waals surface area contributed by atoms with E-state index in [0.717, 1.165) is 10.8 Å². The van der Waals surface area contributed by atoms with Gasteiger partial charge in [0, 0.05) is 6.07 Å². The van der Waals surface area contributed by atoms with E-state index in [1.54, 1.807) is 30.5 Å². The van der Waals surface area contributed by atoms with Crippen LogP contribution in [0.25, 0.3) is 22.3 Å². The molecule has 0 atom stereocenters. The zero-order valence-electron chi connectivity index (χ0n) is 14.0. The Morgan fingerprint density at radius 1 is 1.04 bits per heavy atom. The molecule has 4 rings (SSSR count). The number of nitrogens with zero attached hydrogens (tertiary/aromatic N) is 1. The zero-order valence-corrected chi connectivity index (χ0v) is 14.0. The van der Waals surface area contributed by atoms with Crippen LogP contribution in [0.2, 0.25) is 0 Å². The molecule has 0 aliphatic heterocycles. The molecule has 4 aromatic rings. The second-order valence-corrected chi connectivity index (χ2v) is 5.64. The van der Waals surface area contributed by atoms with E-state index in [2.05, 4.69) is 5.16 Å². The van der Waals surface area contributed by atoms with Gasteiger partial charge in [0.15, 0.2) is 5.76 Å². The van der Waals surface area contributed by atoms with Gasteiger partial charge >= 0.3 is 5.97 Å². The number of furan rings is 1. The van der Waals surface area contributed by atoms with Crippen LogP contribution >= 0.6 is 0 Å². The van der Waals surface area contributed by atoms with Gasteiger partial charge in [-0.05, 0) is 35.0 Å². The van der Waals surface area contributed by atoms with E-state index in [0.29, 0.717) is 28.5 Å². The molecule has 2 aromatic carbocycles. The normalized spacial score (nSPS) is 10.8. The molecule has 0 N–H and O–H groups in total. The van der Waals surface area contributed by atoms with Crippen LogP contribution in [-0.2, 0) is 11.3 Å². The van der Waals surface area contributed by atoms with Gasteiger partial charge < -0.3 is 18.4 Å². The fraction of sp³-hybridized carbons (Fsp3) is 0.100. The smallest absolute Gasteiger partial charge is 0.342 e. The quantitative estimate of drug-likeness (QED) is 0.495. The highest BCUT2D eigenvalue weighted by atomic mass is 16.5. The van der Waals surface area contributed by atoms with Crippen LogP contribution in [0.5, 0.6) is 5.75 Å². The second-order valence-electron chi connectivity index (χ2n) is 5.64. The van der Waals surface area contributed by atoms with E-state index in [-0.39, 0.29) is 6.61 Å². The lowest BCUT2D eigenvalue weighted by atomic mass is 10.1. The van der Waals surface area contributed by atoms with E-state index in [4.69, 9.17) is 18.4 Å². The number of carbonyl (C=O) groups excluding carboxylic acids is 1. The number of hydrogen-bond donors (Lipinski definition) is 0. The predicted molar refractivity (Wildman–Crippen MR) is 93.8 cm³/mol.